The molecular weight excluding hydrogens is 486 g/mol. The van der Waals surface area contributed by atoms with Crippen molar-refractivity contribution in [2.45, 2.75) is 74.5 Å². The third kappa shape index (κ3) is 3.49. The monoisotopic (exact) mass is 523 g/mol. The summed E-state index contributed by atoms with van der Waals surface area (Å²) in [5, 5.41) is 10.9. The molecule has 202 valence electrons. The predicted molar refractivity (Wildman–Crippen MR) is 150 cm³/mol. The SMILES string of the molecule is C[C@@]12Oc3c(O)ccc4c3[C@@]13CCN(CCc1ccccc1)C(C4)[C@]3(OCCCc1ccccc1)CCC2=O. The van der Waals surface area contributed by atoms with Crippen LogP contribution in [0.25, 0.3) is 0 Å². The van der Waals surface area contributed by atoms with Crippen molar-refractivity contribution in [2.75, 3.05) is 19.7 Å². The van der Waals surface area contributed by atoms with Crippen LogP contribution in [0.5, 0.6) is 11.5 Å². The van der Waals surface area contributed by atoms with Crippen molar-refractivity contribution < 1.29 is 19.4 Å². The Morgan fingerprint density at radius 2 is 1.69 bits per heavy atom. The van der Waals surface area contributed by atoms with Gasteiger partial charge in [-0.1, -0.05) is 66.7 Å². The van der Waals surface area contributed by atoms with E-state index >= 15 is 0 Å². The number of benzene rings is 3. The molecule has 0 radical (unpaired) electrons. The average molecular weight is 524 g/mol. The van der Waals surface area contributed by atoms with Crippen molar-refractivity contribution in [1.82, 2.24) is 4.90 Å². The van der Waals surface area contributed by atoms with Crippen LogP contribution < -0.4 is 4.74 Å². The van der Waals surface area contributed by atoms with Crippen molar-refractivity contribution >= 4 is 5.78 Å². The molecular formula is C34H37NO4. The van der Waals surface area contributed by atoms with Crippen molar-refractivity contribution in [3.63, 3.8) is 0 Å². The Balaban J connectivity index is 1.28. The lowest BCUT2D eigenvalue weighted by Crippen LogP contribution is -2.80. The maximum absolute atomic E-state index is 13.7. The number of aromatic hydroxyl groups is 1. The Kier molecular flexibility index (Phi) is 5.87. The van der Waals surface area contributed by atoms with E-state index < -0.39 is 16.6 Å². The van der Waals surface area contributed by atoms with Crippen molar-refractivity contribution in [1.29, 1.82) is 0 Å². The number of ketones is 1. The molecule has 4 atom stereocenters. The number of Topliss-reactive ketones (excluding diaryl/α,β-unsaturated/α-hetero) is 1. The van der Waals surface area contributed by atoms with Gasteiger partial charge >= 0.3 is 0 Å². The van der Waals surface area contributed by atoms with Gasteiger partial charge in [0.05, 0.1) is 11.0 Å². The van der Waals surface area contributed by atoms with Crippen LogP contribution >= 0.6 is 0 Å². The fraction of sp³-hybridized carbons (Fsp3) is 0.441. The van der Waals surface area contributed by atoms with Gasteiger partial charge in [-0.15, -0.1) is 0 Å². The molecule has 2 bridgehead atoms. The van der Waals surface area contributed by atoms with Crippen LogP contribution in [0.1, 0.15) is 54.9 Å². The number of carbonyl (C=O) groups is 1. The highest BCUT2D eigenvalue weighted by atomic mass is 16.5. The van der Waals surface area contributed by atoms with E-state index in [-0.39, 0.29) is 17.6 Å². The van der Waals surface area contributed by atoms with E-state index in [0.717, 1.165) is 50.8 Å². The van der Waals surface area contributed by atoms with Crippen LogP contribution in [0.4, 0.5) is 0 Å². The molecule has 5 heteroatoms. The average Bonchev–Trinajstić information content (AvgIpc) is 3.25. The van der Waals surface area contributed by atoms with Gasteiger partial charge in [-0.2, -0.15) is 0 Å². The van der Waals surface area contributed by atoms with E-state index in [9.17, 15) is 9.90 Å². The molecule has 39 heavy (non-hydrogen) atoms. The summed E-state index contributed by atoms with van der Waals surface area (Å²) in [7, 11) is 0. The van der Waals surface area contributed by atoms with E-state index in [1.54, 1.807) is 6.07 Å². The molecule has 2 fully saturated rings. The lowest BCUT2D eigenvalue weighted by atomic mass is 9.45. The maximum atomic E-state index is 13.7. The van der Waals surface area contributed by atoms with Gasteiger partial charge in [-0.05, 0) is 74.8 Å². The molecule has 3 aromatic carbocycles. The minimum atomic E-state index is -1.04. The van der Waals surface area contributed by atoms with Crippen molar-refractivity contribution in [3.8, 4) is 11.5 Å². The normalized spacial score (nSPS) is 30.6. The summed E-state index contributed by atoms with van der Waals surface area (Å²) in [6.07, 6.45) is 5.61. The highest BCUT2D eigenvalue weighted by Gasteiger charge is 2.78. The zero-order valence-corrected chi connectivity index (χ0v) is 22.7. The predicted octanol–water partition coefficient (Wildman–Crippen LogP) is 5.41. The first kappa shape index (κ1) is 24.9. The van der Waals surface area contributed by atoms with Crippen LogP contribution in [0.3, 0.4) is 0 Å². The highest BCUT2D eigenvalue weighted by molar-refractivity contribution is 5.94. The highest BCUT2D eigenvalue weighted by Crippen LogP contribution is 2.69. The number of likely N-dealkylation sites (tertiary alicyclic amines) is 1. The number of carbonyl (C=O) groups excluding carboxylic acids is 1. The molecule has 2 heterocycles. The molecule has 7 rings (SSSR count). The lowest BCUT2D eigenvalue weighted by Gasteiger charge is -2.66. The van der Waals surface area contributed by atoms with Crippen LogP contribution in [-0.4, -0.2) is 52.7 Å². The Morgan fingerprint density at radius 3 is 2.44 bits per heavy atom. The third-order valence-corrected chi connectivity index (χ3v) is 10.3. The van der Waals surface area contributed by atoms with Gasteiger partial charge < -0.3 is 14.6 Å². The van der Waals surface area contributed by atoms with E-state index in [1.807, 2.05) is 6.92 Å². The van der Waals surface area contributed by atoms with Gasteiger partial charge in [0.15, 0.2) is 22.9 Å². The van der Waals surface area contributed by atoms with E-state index in [1.165, 1.54) is 16.7 Å². The molecule has 1 unspecified atom stereocenters. The van der Waals surface area contributed by atoms with Gasteiger partial charge in [-0.3, -0.25) is 9.69 Å². The first-order chi connectivity index (χ1) is 19.0. The third-order valence-electron chi connectivity index (χ3n) is 10.3. The van der Waals surface area contributed by atoms with Crippen molar-refractivity contribution in [2.24, 2.45) is 0 Å². The number of phenolic OH excluding ortho intramolecular Hbond substituents is 1. The largest absolute Gasteiger partial charge is 0.504 e. The topological polar surface area (TPSA) is 59.0 Å². The number of phenols is 1. The second-order valence-electron chi connectivity index (χ2n) is 12.0. The summed E-state index contributed by atoms with van der Waals surface area (Å²) in [6, 6.07) is 25.2. The van der Waals surface area contributed by atoms with E-state index in [0.29, 0.717) is 25.2 Å². The molecule has 1 saturated carbocycles. The van der Waals surface area contributed by atoms with Gasteiger partial charge in [0.1, 0.15) is 0 Å². The molecule has 2 aliphatic carbocycles. The zero-order valence-electron chi connectivity index (χ0n) is 22.7. The molecule has 1 N–H and O–H groups in total. The summed E-state index contributed by atoms with van der Waals surface area (Å²) in [4.78, 5) is 16.4. The Morgan fingerprint density at radius 1 is 0.974 bits per heavy atom. The number of hydrogen-bond acceptors (Lipinski definition) is 5. The summed E-state index contributed by atoms with van der Waals surface area (Å²) < 4.78 is 13.8. The zero-order chi connectivity index (χ0) is 26.7. The van der Waals surface area contributed by atoms with E-state index in [2.05, 4.69) is 71.6 Å². The van der Waals surface area contributed by atoms with Gasteiger partial charge in [-0.25, -0.2) is 0 Å². The molecule has 4 aliphatic rings. The first-order valence-corrected chi connectivity index (χ1v) is 14.5. The van der Waals surface area contributed by atoms with Gasteiger partial charge in [0.25, 0.3) is 0 Å². The molecule has 0 aromatic heterocycles. The summed E-state index contributed by atoms with van der Waals surface area (Å²) in [5.41, 5.74) is 2.71. The lowest BCUT2D eigenvalue weighted by molar-refractivity contribution is -0.231. The fourth-order valence-electron chi connectivity index (χ4n) is 8.49. The number of piperidine rings is 1. The smallest absolute Gasteiger partial charge is 0.177 e. The maximum Gasteiger partial charge on any atom is 0.177 e. The standard InChI is InChI=1S/C34H37NO4/c1-32-29(37)16-18-34(38-22-8-13-24-9-4-2-5-10-24)28-23-26-14-15-27(36)31(39-32)30(26)33(32,34)19-21-35(28)20-17-25-11-6-3-7-12-25/h2-7,9-12,14-15,28,36H,8,13,16-23H2,1H3/t28?,32-,33-,34+/m0/s1. The number of ether oxygens (including phenoxy) is 2. The fourth-order valence-corrected chi connectivity index (χ4v) is 8.49. The molecule has 5 nitrogen and oxygen atoms in total. The van der Waals surface area contributed by atoms with Crippen LogP contribution in [0, 0.1) is 0 Å². The second kappa shape index (κ2) is 9.21. The summed E-state index contributed by atoms with van der Waals surface area (Å²) in [6.45, 7) is 4.44. The first-order valence-electron chi connectivity index (χ1n) is 14.5. The number of hydrogen-bond donors (Lipinski definition) is 1. The Hall–Kier alpha value is -3.15. The Labute approximate surface area is 230 Å². The van der Waals surface area contributed by atoms with Gasteiger partial charge in [0, 0.05) is 31.2 Å². The van der Waals surface area contributed by atoms with E-state index in [4.69, 9.17) is 9.47 Å². The van der Waals surface area contributed by atoms with Gasteiger partial charge in [0.2, 0.25) is 0 Å². The minimum absolute atomic E-state index is 0.131. The minimum Gasteiger partial charge on any atom is -0.504 e. The molecule has 1 spiro atoms. The number of rotatable bonds is 8. The molecule has 2 aliphatic heterocycles. The van der Waals surface area contributed by atoms with Crippen LogP contribution in [0.15, 0.2) is 72.8 Å². The summed E-state index contributed by atoms with van der Waals surface area (Å²) >= 11 is 0. The quantitative estimate of drug-likeness (QED) is 0.401. The number of aryl methyl sites for hydroxylation is 1. The van der Waals surface area contributed by atoms with Crippen LogP contribution in [0.2, 0.25) is 0 Å². The Bertz CT molecular complexity index is 1390. The van der Waals surface area contributed by atoms with Crippen LogP contribution in [-0.2, 0) is 34.2 Å². The molecule has 1 saturated heterocycles. The number of nitrogens with zero attached hydrogens (tertiary/aromatic N) is 1. The van der Waals surface area contributed by atoms with Crippen molar-refractivity contribution in [3.05, 3.63) is 95.1 Å². The summed E-state index contributed by atoms with van der Waals surface area (Å²) in [5.74, 6) is 0.777. The molecule has 3 aromatic rings. The molecule has 0 amide bonds. The second-order valence-corrected chi connectivity index (χ2v) is 12.0.